The van der Waals surface area contributed by atoms with Gasteiger partial charge in [0.2, 0.25) is 5.91 Å². The molecule has 6 heteroatoms. The first-order chi connectivity index (χ1) is 10.1. The Balaban J connectivity index is 2.12. The third-order valence-corrected chi connectivity index (χ3v) is 2.93. The molecule has 1 aromatic rings. The van der Waals surface area contributed by atoms with E-state index in [0.717, 1.165) is 12.8 Å². The van der Waals surface area contributed by atoms with Crippen LogP contribution in [0.25, 0.3) is 0 Å². The second-order valence-corrected chi connectivity index (χ2v) is 4.71. The van der Waals surface area contributed by atoms with Crippen LogP contribution >= 0.6 is 0 Å². The highest BCUT2D eigenvalue weighted by Crippen LogP contribution is 2.02. The van der Waals surface area contributed by atoms with Crippen LogP contribution in [-0.4, -0.2) is 31.4 Å². The van der Waals surface area contributed by atoms with Crippen molar-refractivity contribution >= 4 is 11.8 Å². The second kappa shape index (κ2) is 9.88. The molecule has 0 bridgehead atoms. The van der Waals surface area contributed by atoms with E-state index in [0.29, 0.717) is 38.0 Å². The topological polar surface area (TPSA) is 84.2 Å². The minimum Gasteiger partial charge on any atom is -0.356 e. The van der Waals surface area contributed by atoms with Crippen molar-refractivity contribution in [2.75, 3.05) is 19.6 Å². The predicted molar refractivity (Wildman–Crippen MR) is 79.3 cm³/mol. The molecular weight excluding hydrogens is 273 g/mol. The molecule has 0 heterocycles. The van der Waals surface area contributed by atoms with Crippen molar-refractivity contribution in [2.45, 2.75) is 25.7 Å². The molecule has 0 aromatic heterocycles. The summed E-state index contributed by atoms with van der Waals surface area (Å²) in [6, 6.07) is 5.33. The molecule has 2 amide bonds. The van der Waals surface area contributed by atoms with Gasteiger partial charge >= 0.3 is 0 Å². The van der Waals surface area contributed by atoms with Gasteiger partial charge in [0.05, 0.1) is 0 Å². The summed E-state index contributed by atoms with van der Waals surface area (Å²) in [6.07, 6.45) is 2.71. The van der Waals surface area contributed by atoms with Gasteiger partial charge in [-0.15, -0.1) is 0 Å². The van der Waals surface area contributed by atoms with Crippen molar-refractivity contribution in [2.24, 2.45) is 5.73 Å². The molecule has 4 N–H and O–H groups in total. The fraction of sp³-hybridized carbons (Fsp3) is 0.467. The van der Waals surface area contributed by atoms with Crippen LogP contribution in [-0.2, 0) is 4.79 Å². The number of nitrogens with one attached hydrogen (secondary N) is 2. The SMILES string of the molecule is NCCCCNC(=O)CCCNC(=O)c1ccc(F)cc1. The Morgan fingerprint density at radius 1 is 1.00 bits per heavy atom. The maximum atomic E-state index is 12.7. The highest BCUT2D eigenvalue weighted by molar-refractivity contribution is 5.94. The summed E-state index contributed by atoms with van der Waals surface area (Å²) < 4.78 is 12.7. The van der Waals surface area contributed by atoms with Gasteiger partial charge in [-0.2, -0.15) is 0 Å². The molecule has 0 saturated carbocycles. The minimum atomic E-state index is -0.377. The number of unbranched alkanes of at least 4 members (excludes halogenated alkanes) is 1. The van der Waals surface area contributed by atoms with Crippen molar-refractivity contribution in [3.63, 3.8) is 0 Å². The highest BCUT2D eigenvalue weighted by Gasteiger charge is 2.05. The zero-order valence-corrected chi connectivity index (χ0v) is 12.0. The minimum absolute atomic E-state index is 0.0250. The third kappa shape index (κ3) is 7.41. The van der Waals surface area contributed by atoms with Crippen molar-refractivity contribution < 1.29 is 14.0 Å². The summed E-state index contributed by atoms with van der Waals surface area (Å²) in [5, 5.41) is 5.49. The Morgan fingerprint density at radius 3 is 2.33 bits per heavy atom. The largest absolute Gasteiger partial charge is 0.356 e. The van der Waals surface area contributed by atoms with E-state index in [1.165, 1.54) is 24.3 Å². The number of carbonyl (C=O) groups excluding carboxylic acids is 2. The molecule has 1 aromatic carbocycles. The van der Waals surface area contributed by atoms with Crippen LogP contribution < -0.4 is 16.4 Å². The molecule has 0 aliphatic heterocycles. The quantitative estimate of drug-likeness (QED) is 0.598. The van der Waals surface area contributed by atoms with E-state index in [2.05, 4.69) is 10.6 Å². The molecule has 0 spiro atoms. The molecule has 1 rings (SSSR count). The number of benzene rings is 1. The van der Waals surface area contributed by atoms with E-state index in [1.54, 1.807) is 0 Å². The van der Waals surface area contributed by atoms with Gasteiger partial charge in [0.25, 0.3) is 5.91 Å². The molecule has 116 valence electrons. The summed E-state index contributed by atoms with van der Waals surface area (Å²) in [7, 11) is 0. The Morgan fingerprint density at radius 2 is 1.67 bits per heavy atom. The van der Waals surface area contributed by atoms with Crippen LogP contribution in [0.15, 0.2) is 24.3 Å². The number of hydrogen-bond acceptors (Lipinski definition) is 3. The van der Waals surface area contributed by atoms with Crippen LogP contribution in [0.1, 0.15) is 36.0 Å². The number of carbonyl (C=O) groups is 2. The first-order valence-corrected chi connectivity index (χ1v) is 7.14. The van der Waals surface area contributed by atoms with Crippen LogP contribution in [0.5, 0.6) is 0 Å². The van der Waals surface area contributed by atoms with Gasteiger partial charge in [-0.3, -0.25) is 9.59 Å². The average Bonchev–Trinajstić information content (AvgIpc) is 2.48. The van der Waals surface area contributed by atoms with Gasteiger partial charge in [-0.1, -0.05) is 0 Å². The summed E-state index contributed by atoms with van der Waals surface area (Å²) >= 11 is 0. The van der Waals surface area contributed by atoms with Crippen LogP contribution in [0, 0.1) is 5.82 Å². The van der Waals surface area contributed by atoms with Crippen LogP contribution in [0.2, 0.25) is 0 Å². The Kier molecular flexibility index (Phi) is 8.04. The lowest BCUT2D eigenvalue weighted by molar-refractivity contribution is -0.121. The first-order valence-electron chi connectivity index (χ1n) is 7.14. The van der Waals surface area contributed by atoms with E-state index in [-0.39, 0.29) is 17.6 Å². The lowest BCUT2D eigenvalue weighted by Crippen LogP contribution is -2.28. The molecule has 5 nitrogen and oxygen atoms in total. The number of amides is 2. The number of nitrogens with two attached hydrogens (primary N) is 1. The molecule has 0 saturated heterocycles. The van der Waals surface area contributed by atoms with Gasteiger partial charge in [0.1, 0.15) is 5.82 Å². The van der Waals surface area contributed by atoms with Gasteiger partial charge in [-0.05, 0) is 50.1 Å². The van der Waals surface area contributed by atoms with Crippen molar-refractivity contribution in [1.29, 1.82) is 0 Å². The Labute approximate surface area is 124 Å². The van der Waals surface area contributed by atoms with Crippen molar-refractivity contribution in [3.8, 4) is 0 Å². The summed E-state index contributed by atoms with van der Waals surface area (Å²) in [6.45, 7) is 1.68. The average molecular weight is 295 g/mol. The maximum absolute atomic E-state index is 12.7. The number of rotatable bonds is 9. The number of hydrogen-bond donors (Lipinski definition) is 3. The van der Waals surface area contributed by atoms with E-state index < -0.39 is 0 Å². The molecule has 21 heavy (non-hydrogen) atoms. The fourth-order valence-electron chi connectivity index (χ4n) is 1.74. The lowest BCUT2D eigenvalue weighted by Gasteiger charge is -2.06. The zero-order valence-electron chi connectivity index (χ0n) is 12.0. The standard InChI is InChI=1S/C15H22FN3O2/c16-13-7-5-12(6-8-13)15(21)19-11-3-4-14(20)18-10-2-1-9-17/h5-8H,1-4,9-11,17H2,(H,18,20)(H,19,21). The van der Waals surface area contributed by atoms with E-state index in [4.69, 9.17) is 5.73 Å². The number of halogens is 1. The normalized spacial score (nSPS) is 10.2. The molecule has 0 atom stereocenters. The van der Waals surface area contributed by atoms with E-state index in [1.807, 2.05) is 0 Å². The molecule has 0 fully saturated rings. The smallest absolute Gasteiger partial charge is 0.251 e. The van der Waals surface area contributed by atoms with Gasteiger partial charge in [0, 0.05) is 25.1 Å². The van der Waals surface area contributed by atoms with Crippen molar-refractivity contribution in [3.05, 3.63) is 35.6 Å². The van der Waals surface area contributed by atoms with Gasteiger partial charge in [-0.25, -0.2) is 4.39 Å². The zero-order chi connectivity index (χ0) is 15.5. The maximum Gasteiger partial charge on any atom is 0.251 e. The van der Waals surface area contributed by atoms with Crippen LogP contribution in [0.4, 0.5) is 4.39 Å². The van der Waals surface area contributed by atoms with Crippen molar-refractivity contribution in [1.82, 2.24) is 10.6 Å². The van der Waals surface area contributed by atoms with Gasteiger partial charge in [0.15, 0.2) is 0 Å². The summed E-state index contributed by atoms with van der Waals surface area (Å²) in [5.74, 6) is -0.667. The molecule has 0 aliphatic rings. The third-order valence-electron chi connectivity index (χ3n) is 2.93. The van der Waals surface area contributed by atoms with E-state index >= 15 is 0 Å². The Hall–Kier alpha value is -1.95. The Bertz CT molecular complexity index is 449. The first kappa shape index (κ1) is 17.1. The van der Waals surface area contributed by atoms with Crippen LogP contribution in [0.3, 0.4) is 0 Å². The predicted octanol–water partition coefficient (Wildman–Crippen LogP) is 1.19. The summed E-state index contributed by atoms with van der Waals surface area (Å²) in [5.41, 5.74) is 5.76. The molecular formula is C15H22FN3O2. The lowest BCUT2D eigenvalue weighted by atomic mass is 10.2. The molecule has 0 aliphatic carbocycles. The highest BCUT2D eigenvalue weighted by atomic mass is 19.1. The monoisotopic (exact) mass is 295 g/mol. The summed E-state index contributed by atoms with van der Waals surface area (Å²) in [4.78, 5) is 23.2. The van der Waals surface area contributed by atoms with Gasteiger partial charge < -0.3 is 16.4 Å². The second-order valence-electron chi connectivity index (χ2n) is 4.71. The molecule has 0 radical (unpaired) electrons. The fourth-order valence-corrected chi connectivity index (χ4v) is 1.74. The van der Waals surface area contributed by atoms with E-state index in [9.17, 15) is 14.0 Å². The molecule has 0 unspecified atom stereocenters.